The molecule has 1 aromatic rings. The van der Waals surface area contributed by atoms with Gasteiger partial charge in [0.25, 0.3) is 5.91 Å². The number of carbonyl (C=O) groups is 1. The molecular formula is C19H33Cl2N5O. The highest BCUT2D eigenvalue weighted by molar-refractivity contribution is 5.86. The Balaban J connectivity index is 0.00000131. The van der Waals surface area contributed by atoms with Gasteiger partial charge in [-0.25, -0.2) is 0 Å². The quantitative estimate of drug-likeness (QED) is 0.819. The molecule has 154 valence electrons. The van der Waals surface area contributed by atoms with Crippen molar-refractivity contribution in [3.8, 4) is 0 Å². The van der Waals surface area contributed by atoms with Crippen LogP contribution in [-0.4, -0.2) is 70.8 Å². The average Bonchev–Trinajstić information content (AvgIpc) is 3.24. The minimum absolute atomic E-state index is 0. The van der Waals surface area contributed by atoms with Crippen molar-refractivity contribution >= 4 is 30.7 Å². The third-order valence-electron chi connectivity index (χ3n) is 6.43. The molecule has 8 heteroatoms. The molecule has 1 N–H and O–H groups in total. The van der Waals surface area contributed by atoms with Crippen LogP contribution in [0.2, 0.25) is 0 Å². The van der Waals surface area contributed by atoms with Gasteiger partial charge in [-0.15, -0.1) is 24.8 Å². The Bertz CT molecular complexity index is 563. The van der Waals surface area contributed by atoms with E-state index < -0.39 is 5.54 Å². The number of rotatable bonds is 3. The molecular weight excluding hydrogens is 385 g/mol. The Morgan fingerprint density at radius 1 is 1.00 bits per heavy atom. The molecule has 0 atom stereocenters. The van der Waals surface area contributed by atoms with Crippen molar-refractivity contribution < 1.29 is 4.79 Å². The van der Waals surface area contributed by atoms with Crippen molar-refractivity contribution in [2.75, 3.05) is 39.3 Å². The van der Waals surface area contributed by atoms with Gasteiger partial charge in [0, 0.05) is 31.5 Å². The number of hydrogen-bond acceptors (Lipinski definition) is 4. The molecule has 6 nitrogen and oxygen atoms in total. The van der Waals surface area contributed by atoms with E-state index >= 15 is 0 Å². The van der Waals surface area contributed by atoms with E-state index in [1.54, 1.807) is 6.20 Å². The predicted octanol–water partition coefficient (Wildman–Crippen LogP) is 2.28. The first-order chi connectivity index (χ1) is 12.3. The van der Waals surface area contributed by atoms with Crippen LogP contribution in [0, 0.1) is 0 Å². The smallest absolute Gasteiger partial charge is 0.250 e. The minimum Gasteiger partial charge on any atom is -0.340 e. The lowest BCUT2D eigenvalue weighted by Crippen LogP contribution is -2.58. The van der Waals surface area contributed by atoms with Crippen LogP contribution >= 0.6 is 24.8 Å². The summed E-state index contributed by atoms with van der Waals surface area (Å²) in [6, 6.07) is 2.61. The van der Waals surface area contributed by atoms with Gasteiger partial charge in [0.1, 0.15) is 5.54 Å². The average molecular weight is 418 g/mol. The zero-order chi connectivity index (χ0) is 17.1. The molecule has 0 aromatic carbocycles. The summed E-state index contributed by atoms with van der Waals surface area (Å²) < 4.78 is 1.92. The summed E-state index contributed by atoms with van der Waals surface area (Å²) in [5, 5.41) is 7.84. The zero-order valence-corrected chi connectivity index (χ0v) is 17.6. The second-order valence-electron chi connectivity index (χ2n) is 7.85. The molecule has 1 aromatic heterocycles. The highest BCUT2D eigenvalue weighted by atomic mass is 35.5. The highest BCUT2D eigenvalue weighted by Gasteiger charge is 2.45. The van der Waals surface area contributed by atoms with E-state index in [2.05, 4.69) is 20.2 Å². The third kappa shape index (κ3) is 4.61. The molecule has 3 fully saturated rings. The number of amides is 1. The Hall–Kier alpha value is -0.820. The van der Waals surface area contributed by atoms with Crippen molar-refractivity contribution in [1.29, 1.82) is 0 Å². The first-order valence-corrected chi connectivity index (χ1v) is 10.0. The second kappa shape index (κ2) is 10.1. The van der Waals surface area contributed by atoms with Gasteiger partial charge in [0.2, 0.25) is 0 Å². The number of nitrogens with zero attached hydrogens (tertiary/aromatic N) is 4. The summed E-state index contributed by atoms with van der Waals surface area (Å²) in [7, 11) is 0. The molecule has 27 heavy (non-hydrogen) atoms. The maximum absolute atomic E-state index is 13.5. The van der Waals surface area contributed by atoms with Crippen LogP contribution in [0.15, 0.2) is 18.5 Å². The lowest BCUT2D eigenvalue weighted by Gasteiger charge is -2.44. The molecule has 3 aliphatic rings. The van der Waals surface area contributed by atoms with Crippen LogP contribution in [0.3, 0.4) is 0 Å². The van der Waals surface area contributed by atoms with Crippen molar-refractivity contribution in [1.82, 2.24) is 24.9 Å². The Kier molecular flexibility index (Phi) is 8.40. The number of halogens is 2. The molecule has 0 aliphatic carbocycles. The minimum atomic E-state index is -0.479. The molecule has 0 radical (unpaired) electrons. The molecule has 3 saturated heterocycles. The number of nitrogens with one attached hydrogen (secondary N) is 1. The van der Waals surface area contributed by atoms with Crippen molar-refractivity contribution in [2.45, 2.75) is 56.5 Å². The van der Waals surface area contributed by atoms with Gasteiger partial charge in [-0.2, -0.15) is 5.10 Å². The van der Waals surface area contributed by atoms with E-state index in [9.17, 15) is 4.79 Å². The van der Waals surface area contributed by atoms with Gasteiger partial charge in [0.15, 0.2) is 0 Å². The molecule has 4 heterocycles. The fraction of sp³-hybridized carbons (Fsp3) is 0.789. The summed E-state index contributed by atoms with van der Waals surface area (Å²) >= 11 is 0. The summed E-state index contributed by atoms with van der Waals surface area (Å²) in [6.45, 7) is 6.07. The first kappa shape index (κ1) is 22.5. The number of likely N-dealkylation sites (tertiary alicyclic amines) is 2. The van der Waals surface area contributed by atoms with Crippen LogP contribution in [0.4, 0.5) is 0 Å². The van der Waals surface area contributed by atoms with Crippen LogP contribution in [-0.2, 0) is 10.3 Å². The summed E-state index contributed by atoms with van der Waals surface area (Å²) in [6.07, 6.45) is 11.7. The molecule has 0 bridgehead atoms. The molecule has 0 spiro atoms. The van der Waals surface area contributed by atoms with Crippen LogP contribution < -0.4 is 5.32 Å². The first-order valence-electron chi connectivity index (χ1n) is 10.0. The van der Waals surface area contributed by atoms with Gasteiger partial charge in [-0.3, -0.25) is 9.48 Å². The maximum atomic E-state index is 13.5. The van der Waals surface area contributed by atoms with Gasteiger partial charge < -0.3 is 15.1 Å². The monoisotopic (exact) mass is 417 g/mol. The second-order valence-corrected chi connectivity index (χ2v) is 7.85. The largest absolute Gasteiger partial charge is 0.340 e. The van der Waals surface area contributed by atoms with Gasteiger partial charge >= 0.3 is 0 Å². The summed E-state index contributed by atoms with van der Waals surface area (Å²) in [5.74, 6) is 0.287. The highest BCUT2D eigenvalue weighted by Crippen LogP contribution is 2.31. The fourth-order valence-corrected chi connectivity index (χ4v) is 4.92. The maximum Gasteiger partial charge on any atom is 0.250 e. The molecule has 0 unspecified atom stereocenters. The van der Waals surface area contributed by atoms with Crippen molar-refractivity contribution in [3.05, 3.63) is 18.5 Å². The van der Waals surface area contributed by atoms with E-state index in [-0.39, 0.29) is 30.7 Å². The van der Waals surface area contributed by atoms with E-state index in [0.29, 0.717) is 6.04 Å². The molecule has 0 saturated carbocycles. The van der Waals surface area contributed by atoms with Crippen LogP contribution in [0.5, 0.6) is 0 Å². The zero-order valence-electron chi connectivity index (χ0n) is 16.0. The standard InChI is InChI=1S/C19H31N5O.2ClH/c25-18(19(7-10-20-11-8-19)24-14-4-9-21-24)23-15-5-17(6-16-23)22-12-2-1-3-13-22;;/h4,9,14,17,20H,1-3,5-8,10-13,15-16H2;2*1H. The Morgan fingerprint density at radius 2 is 1.67 bits per heavy atom. The Morgan fingerprint density at radius 3 is 2.26 bits per heavy atom. The third-order valence-corrected chi connectivity index (χ3v) is 6.43. The number of hydrogen-bond donors (Lipinski definition) is 1. The number of aromatic nitrogens is 2. The lowest BCUT2D eigenvalue weighted by molar-refractivity contribution is -0.145. The van der Waals surface area contributed by atoms with Crippen LogP contribution in [0.1, 0.15) is 44.9 Å². The normalized spacial score (nSPS) is 23.9. The predicted molar refractivity (Wildman–Crippen MR) is 112 cm³/mol. The van der Waals surface area contributed by atoms with E-state index in [4.69, 9.17) is 0 Å². The lowest BCUT2D eigenvalue weighted by atomic mass is 9.86. The van der Waals surface area contributed by atoms with E-state index in [1.165, 1.54) is 32.4 Å². The van der Waals surface area contributed by atoms with Gasteiger partial charge in [-0.05, 0) is 70.8 Å². The van der Waals surface area contributed by atoms with E-state index in [0.717, 1.165) is 51.9 Å². The SMILES string of the molecule is Cl.Cl.O=C(N1CCC(N2CCCCC2)CC1)C1(n2cccn2)CCNCC1. The molecule has 3 aliphatic heterocycles. The Labute approximate surface area is 174 Å². The molecule has 4 rings (SSSR count). The van der Waals surface area contributed by atoms with Crippen molar-refractivity contribution in [2.24, 2.45) is 0 Å². The summed E-state index contributed by atoms with van der Waals surface area (Å²) in [5.41, 5.74) is -0.479. The molecule has 1 amide bonds. The van der Waals surface area contributed by atoms with Gasteiger partial charge in [0.05, 0.1) is 0 Å². The fourth-order valence-electron chi connectivity index (χ4n) is 4.92. The van der Waals surface area contributed by atoms with Gasteiger partial charge in [-0.1, -0.05) is 6.42 Å². The topological polar surface area (TPSA) is 53.4 Å². The van der Waals surface area contributed by atoms with Crippen molar-refractivity contribution in [3.63, 3.8) is 0 Å². The number of piperidine rings is 3. The summed E-state index contributed by atoms with van der Waals surface area (Å²) in [4.78, 5) is 18.3. The van der Waals surface area contributed by atoms with Crippen LogP contribution in [0.25, 0.3) is 0 Å². The number of carbonyl (C=O) groups excluding carboxylic acids is 1. The van der Waals surface area contributed by atoms with E-state index in [1.807, 2.05) is 16.9 Å².